The van der Waals surface area contributed by atoms with Gasteiger partial charge in [0, 0.05) is 10.4 Å². The van der Waals surface area contributed by atoms with Crippen molar-refractivity contribution >= 4 is 28.2 Å². The highest BCUT2D eigenvalue weighted by atomic mass is 32.1. The van der Waals surface area contributed by atoms with E-state index in [0.29, 0.717) is 22.0 Å². The highest BCUT2D eigenvalue weighted by molar-refractivity contribution is 7.17. The van der Waals surface area contributed by atoms with Crippen LogP contribution < -0.4 is 11.1 Å². The van der Waals surface area contributed by atoms with Crippen LogP contribution in [-0.2, 0) is 12.8 Å². The van der Waals surface area contributed by atoms with Crippen LogP contribution in [0.25, 0.3) is 0 Å². The van der Waals surface area contributed by atoms with Crippen molar-refractivity contribution in [2.75, 3.05) is 5.32 Å². The molecule has 0 saturated carbocycles. The van der Waals surface area contributed by atoms with Gasteiger partial charge in [-0.1, -0.05) is 6.92 Å². The number of benzene rings is 1. The van der Waals surface area contributed by atoms with E-state index in [0.717, 1.165) is 29.7 Å². The van der Waals surface area contributed by atoms with E-state index in [1.807, 2.05) is 0 Å². The van der Waals surface area contributed by atoms with Crippen molar-refractivity contribution in [2.45, 2.75) is 26.2 Å². The van der Waals surface area contributed by atoms with Crippen LogP contribution in [0.15, 0.2) is 24.3 Å². The van der Waals surface area contributed by atoms with Crippen LogP contribution in [0.1, 0.15) is 44.5 Å². The van der Waals surface area contributed by atoms with E-state index in [2.05, 4.69) is 12.2 Å². The number of halogens is 1. The Bertz CT molecular complexity index is 768. The number of fused-ring (bicyclic) bond motifs is 1. The topological polar surface area (TPSA) is 72.2 Å². The summed E-state index contributed by atoms with van der Waals surface area (Å²) >= 11 is 1.41. The molecule has 6 heteroatoms. The predicted octanol–water partition coefficient (Wildman–Crippen LogP) is 3.36. The summed E-state index contributed by atoms with van der Waals surface area (Å²) in [6, 6.07) is 5.27. The summed E-state index contributed by atoms with van der Waals surface area (Å²) in [5.74, 6) is -0.743. The zero-order valence-electron chi connectivity index (χ0n) is 12.7. The third kappa shape index (κ3) is 3.12. The SMILES string of the molecule is C[C@H]1CCc2c(sc(NC(=O)c3ccc(F)cc3)c2C(N)=O)C1. The molecule has 0 radical (unpaired) electrons. The molecule has 0 unspecified atom stereocenters. The first kappa shape index (κ1) is 15.7. The van der Waals surface area contributed by atoms with Gasteiger partial charge in [0.15, 0.2) is 0 Å². The summed E-state index contributed by atoms with van der Waals surface area (Å²) < 4.78 is 12.9. The predicted molar refractivity (Wildman–Crippen MR) is 88.4 cm³/mol. The molecule has 0 saturated heterocycles. The molecular weight excluding hydrogens is 315 g/mol. The molecule has 1 aromatic heterocycles. The lowest BCUT2D eigenvalue weighted by Crippen LogP contribution is -2.19. The zero-order chi connectivity index (χ0) is 16.6. The molecule has 0 fully saturated rings. The number of nitrogens with one attached hydrogen (secondary N) is 1. The maximum atomic E-state index is 12.9. The smallest absolute Gasteiger partial charge is 0.256 e. The average Bonchev–Trinajstić information content (AvgIpc) is 2.84. The summed E-state index contributed by atoms with van der Waals surface area (Å²) in [7, 11) is 0. The number of rotatable bonds is 3. The van der Waals surface area contributed by atoms with Crippen LogP contribution in [0.5, 0.6) is 0 Å². The van der Waals surface area contributed by atoms with Gasteiger partial charge in [-0.25, -0.2) is 4.39 Å². The van der Waals surface area contributed by atoms with Crippen LogP contribution in [0.4, 0.5) is 9.39 Å². The van der Waals surface area contributed by atoms with Crippen molar-refractivity contribution in [1.29, 1.82) is 0 Å². The number of hydrogen-bond acceptors (Lipinski definition) is 3. The fraction of sp³-hybridized carbons (Fsp3) is 0.294. The summed E-state index contributed by atoms with van der Waals surface area (Å²) in [5, 5.41) is 3.25. The van der Waals surface area contributed by atoms with Gasteiger partial charge >= 0.3 is 0 Å². The standard InChI is InChI=1S/C17H17FN2O2S/c1-9-2-7-12-13(8-9)23-17(14(12)15(19)21)20-16(22)10-3-5-11(18)6-4-10/h3-6,9H,2,7-8H2,1H3,(H2,19,21)(H,20,22)/t9-/m0/s1. The Balaban J connectivity index is 1.92. The van der Waals surface area contributed by atoms with Gasteiger partial charge in [0.25, 0.3) is 11.8 Å². The molecule has 2 amide bonds. The van der Waals surface area contributed by atoms with Crippen LogP contribution in [-0.4, -0.2) is 11.8 Å². The third-order valence-corrected chi connectivity index (χ3v) is 5.26. The summed E-state index contributed by atoms with van der Waals surface area (Å²) in [5.41, 5.74) is 7.24. The first-order valence-electron chi connectivity index (χ1n) is 7.47. The van der Waals surface area contributed by atoms with Gasteiger partial charge in [-0.2, -0.15) is 0 Å². The fourth-order valence-electron chi connectivity index (χ4n) is 2.88. The van der Waals surface area contributed by atoms with Crippen LogP contribution in [0.2, 0.25) is 0 Å². The lowest BCUT2D eigenvalue weighted by molar-refractivity contribution is 0.1000. The molecule has 1 aliphatic carbocycles. The molecule has 0 bridgehead atoms. The number of amides is 2. The minimum Gasteiger partial charge on any atom is -0.365 e. The molecule has 0 aliphatic heterocycles. The molecular formula is C17H17FN2O2S. The number of anilines is 1. The van der Waals surface area contributed by atoms with Crippen LogP contribution in [0.3, 0.4) is 0 Å². The molecule has 1 heterocycles. The molecule has 2 aromatic rings. The van der Waals surface area contributed by atoms with Crippen molar-refractivity contribution in [3.63, 3.8) is 0 Å². The Morgan fingerprint density at radius 3 is 2.65 bits per heavy atom. The molecule has 3 N–H and O–H groups in total. The van der Waals surface area contributed by atoms with E-state index in [1.54, 1.807) is 0 Å². The van der Waals surface area contributed by atoms with Gasteiger partial charge < -0.3 is 11.1 Å². The second kappa shape index (κ2) is 6.12. The Morgan fingerprint density at radius 1 is 1.30 bits per heavy atom. The zero-order valence-corrected chi connectivity index (χ0v) is 13.5. The maximum Gasteiger partial charge on any atom is 0.256 e. The van der Waals surface area contributed by atoms with Crippen molar-refractivity contribution in [1.82, 2.24) is 0 Å². The molecule has 4 nitrogen and oxygen atoms in total. The quantitative estimate of drug-likeness (QED) is 0.904. The molecule has 120 valence electrons. The van der Waals surface area contributed by atoms with Crippen molar-refractivity contribution in [3.8, 4) is 0 Å². The monoisotopic (exact) mass is 332 g/mol. The average molecular weight is 332 g/mol. The Hall–Kier alpha value is -2.21. The van der Waals surface area contributed by atoms with E-state index in [9.17, 15) is 14.0 Å². The number of carbonyl (C=O) groups excluding carboxylic acids is 2. The highest BCUT2D eigenvalue weighted by Gasteiger charge is 2.27. The molecule has 1 aromatic carbocycles. The summed E-state index contributed by atoms with van der Waals surface area (Å²) in [6.07, 6.45) is 2.71. The second-order valence-electron chi connectivity index (χ2n) is 5.88. The second-order valence-corrected chi connectivity index (χ2v) is 6.99. The Labute approximate surface area is 137 Å². The van der Waals surface area contributed by atoms with Gasteiger partial charge in [-0.15, -0.1) is 11.3 Å². The highest BCUT2D eigenvalue weighted by Crippen LogP contribution is 2.39. The van der Waals surface area contributed by atoms with Gasteiger partial charge in [0.2, 0.25) is 0 Å². The maximum absolute atomic E-state index is 12.9. The molecule has 1 aliphatic rings. The van der Waals surface area contributed by atoms with Crippen LogP contribution >= 0.6 is 11.3 Å². The first-order chi connectivity index (χ1) is 11.0. The van der Waals surface area contributed by atoms with Crippen molar-refractivity contribution in [3.05, 3.63) is 51.7 Å². The van der Waals surface area contributed by atoms with E-state index < -0.39 is 11.7 Å². The normalized spacial score (nSPS) is 16.7. The largest absolute Gasteiger partial charge is 0.365 e. The van der Waals surface area contributed by atoms with E-state index in [-0.39, 0.29) is 5.91 Å². The number of thiophene rings is 1. The number of primary amides is 1. The fourth-order valence-corrected chi connectivity index (χ4v) is 4.29. The van der Waals surface area contributed by atoms with Gasteiger partial charge in [-0.05, 0) is 55.0 Å². The van der Waals surface area contributed by atoms with E-state index in [4.69, 9.17) is 5.73 Å². The lowest BCUT2D eigenvalue weighted by Gasteiger charge is -2.18. The van der Waals surface area contributed by atoms with E-state index >= 15 is 0 Å². The number of carbonyl (C=O) groups is 2. The van der Waals surface area contributed by atoms with Gasteiger partial charge in [0.05, 0.1) is 5.56 Å². The number of nitrogens with two attached hydrogens (primary N) is 1. The van der Waals surface area contributed by atoms with Gasteiger partial charge in [0.1, 0.15) is 10.8 Å². The summed E-state index contributed by atoms with van der Waals surface area (Å²) in [6.45, 7) is 2.17. The molecule has 1 atom stereocenters. The minimum atomic E-state index is -0.522. The van der Waals surface area contributed by atoms with Crippen LogP contribution in [0, 0.1) is 11.7 Å². The summed E-state index contributed by atoms with van der Waals surface area (Å²) in [4.78, 5) is 25.2. The molecule has 0 spiro atoms. The van der Waals surface area contributed by atoms with Crippen molar-refractivity contribution < 1.29 is 14.0 Å². The van der Waals surface area contributed by atoms with Gasteiger partial charge in [-0.3, -0.25) is 9.59 Å². The Morgan fingerprint density at radius 2 is 2.00 bits per heavy atom. The first-order valence-corrected chi connectivity index (χ1v) is 8.28. The Kier molecular flexibility index (Phi) is 4.17. The third-order valence-electron chi connectivity index (χ3n) is 4.09. The number of hydrogen-bond donors (Lipinski definition) is 2. The lowest BCUT2D eigenvalue weighted by atomic mass is 9.88. The van der Waals surface area contributed by atoms with Crippen molar-refractivity contribution in [2.24, 2.45) is 11.7 Å². The molecule has 23 heavy (non-hydrogen) atoms. The van der Waals surface area contributed by atoms with E-state index in [1.165, 1.54) is 35.6 Å². The minimum absolute atomic E-state index is 0.335. The molecule has 3 rings (SSSR count).